The normalized spacial score (nSPS) is 15.1. The number of benzene rings is 2. The summed E-state index contributed by atoms with van der Waals surface area (Å²) in [6.45, 7) is 0.117. The van der Waals surface area contributed by atoms with Gasteiger partial charge in [0.1, 0.15) is 23.1 Å². The molecule has 0 spiro atoms. The zero-order chi connectivity index (χ0) is 21.3. The van der Waals surface area contributed by atoms with Crippen LogP contribution in [-0.2, 0) is 4.79 Å². The molecule has 0 bridgehead atoms. The molecule has 1 atom stereocenters. The summed E-state index contributed by atoms with van der Waals surface area (Å²) in [4.78, 5) is 25.2. The number of carboxylic acid groups (broad SMARTS) is 1. The second-order valence-electron chi connectivity index (χ2n) is 6.73. The van der Waals surface area contributed by atoms with Crippen LogP contribution >= 0.6 is 11.3 Å². The van der Waals surface area contributed by atoms with E-state index < -0.39 is 11.8 Å². The largest absolute Gasteiger partial charge is 0.481 e. The number of nitrogens with one attached hydrogen (secondary N) is 1. The molecule has 1 amide bonds. The fourth-order valence-corrected chi connectivity index (χ4v) is 4.82. The van der Waals surface area contributed by atoms with Gasteiger partial charge < -0.3 is 15.2 Å². The van der Waals surface area contributed by atoms with Gasteiger partial charge in [-0.05, 0) is 35.4 Å². The Balaban J connectivity index is 1.87. The molecule has 2 N–H and O–H groups in total. The molecule has 1 aliphatic rings. The van der Waals surface area contributed by atoms with Gasteiger partial charge in [0, 0.05) is 22.8 Å². The van der Waals surface area contributed by atoms with Gasteiger partial charge in [0.2, 0.25) is 5.91 Å². The van der Waals surface area contributed by atoms with E-state index in [1.54, 1.807) is 24.3 Å². The Kier molecular flexibility index (Phi) is 5.25. The Morgan fingerprint density at radius 3 is 2.83 bits per heavy atom. The van der Waals surface area contributed by atoms with Gasteiger partial charge in [-0.25, -0.2) is 9.18 Å². The molecule has 2 aromatic carbocycles. The Hall–Kier alpha value is -3.63. The Morgan fingerprint density at radius 2 is 2.10 bits per heavy atom. The van der Waals surface area contributed by atoms with Crippen molar-refractivity contribution in [2.24, 2.45) is 0 Å². The van der Waals surface area contributed by atoms with Crippen LogP contribution in [-0.4, -0.2) is 23.6 Å². The number of terminal acetylenes is 1. The standard InChI is InChI=1S/C23H16FNO4S/c1-2-9-29-16-8-4-5-13(11-16)17-12-18(26)25-20-19(14-6-3-7-15(24)10-14)22(23(27)28)30-21(17)20/h1,3-8,10-11,17H,9,12H2,(H,25,26)(H,27,28). The number of thiophene rings is 1. The first-order valence-corrected chi connectivity index (χ1v) is 9.91. The van der Waals surface area contributed by atoms with E-state index >= 15 is 0 Å². The van der Waals surface area contributed by atoms with Gasteiger partial charge in [-0.1, -0.05) is 30.2 Å². The van der Waals surface area contributed by atoms with Crippen molar-refractivity contribution < 1.29 is 23.8 Å². The van der Waals surface area contributed by atoms with E-state index in [9.17, 15) is 19.1 Å². The first kappa shape index (κ1) is 19.7. The Bertz CT molecular complexity index is 1190. The van der Waals surface area contributed by atoms with E-state index in [0.29, 0.717) is 27.4 Å². The molecule has 0 aliphatic carbocycles. The van der Waals surface area contributed by atoms with Gasteiger partial charge in [0.05, 0.1) is 5.69 Å². The van der Waals surface area contributed by atoms with E-state index in [1.165, 1.54) is 18.2 Å². The van der Waals surface area contributed by atoms with Gasteiger partial charge in [0.25, 0.3) is 0 Å². The second kappa shape index (κ2) is 8.01. The minimum Gasteiger partial charge on any atom is -0.481 e. The number of fused-ring (bicyclic) bond motifs is 1. The molecule has 0 saturated carbocycles. The third-order valence-corrected chi connectivity index (χ3v) is 6.09. The zero-order valence-electron chi connectivity index (χ0n) is 15.6. The minimum atomic E-state index is -1.13. The highest BCUT2D eigenvalue weighted by Gasteiger charge is 2.34. The van der Waals surface area contributed by atoms with E-state index in [4.69, 9.17) is 11.2 Å². The molecule has 1 aromatic heterocycles. The molecule has 1 aliphatic heterocycles. The molecule has 150 valence electrons. The monoisotopic (exact) mass is 421 g/mol. The van der Waals surface area contributed by atoms with Crippen LogP contribution in [0.2, 0.25) is 0 Å². The van der Waals surface area contributed by atoms with Crippen molar-refractivity contribution in [2.45, 2.75) is 12.3 Å². The lowest BCUT2D eigenvalue weighted by Crippen LogP contribution is -2.22. The van der Waals surface area contributed by atoms with E-state index in [0.717, 1.165) is 16.9 Å². The highest BCUT2D eigenvalue weighted by molar-refractivity contribution is 7.15. The fourth-order valence-electron chi connectivity index (χ4n) is 3.57. The SMILES string of the molecule is C#CCOc1cccc(C2CC(=O)Nc3c2sc(C(=O)O)c3-c2cccc(F)c2)c1. The van der Waals surface area contributed by atoms with Crippen molar-refractivity contribution in [3.05, 3.63) is 69.7 Å². The van der Waals surface area contributed by atoms with Gasteiger partial charge in [-0.2, -0.15) is 0 Å². The van der Waals surface area contributed by atoms with Crippen LogP contribution in [0, 0.1) is 18.2 Å². The summed E-state index contributed by atoms with van der Waals surface area (Å²) in [5.41, 5.74) is 1.94. The first-order chi connectivity index (χ1) is 14.5. The Labute approximate surface area is 176 Å². The van der Waals surface area contributed by atoms with Gasteiger partial charge >= 0.3 is 5.97 Å². The number of carboxylic acids is 1. The van der Waals surface area contributed by atoms with Gasteiger partial charge in [-0.15, -0.1) is 17.8 Å². The molecular weight excluding hydrogens is 405 g/mol. The van der Waals surface area contributed by atoms with Crippen LogP contribution in [0.4, 0.5) is 10.1 Å². The van der Waals surface area contributed by atoms with Crippen molar-refractivity contribution in [1.82, 2.24) is 0 Å². The van der Waals surface area contributed by atoms with Crippen molar-refractivity contribution in [3.8, 4) is 29.2 Å². The molecule has 2 heterocycles. The minimum absolute atomic E-state index is 0.0533. The number of ether oxygens (including phenoxy) is 1. The summed E-state index contributed by atoms with van der Waals surface area (Å²) in [7, 11) is 0. The molecule has 4 rings (SSSR count). The predicted molar refractivity (Wildman–Crippen MR) is 113 cm³/mol. The maximum atomic E-state index is 13.8. The van der Waals surface area contributed by atoms with E-state index in [1.807, 2.05) is 6.07 Å². The highest BCUT2D eigenvalue weighted by atomic mass is 32.1. The summed E-state index contributed by atoms with van der Waals surface area (Å²) in [5.74, 6) is 0.760. The second-order valence-corrected chi connectivity index (χ2v) is 7.78. The molecule has 1 unspecified atom stereocenters. The van der Waals surface area contributed by atoms with Crippen LogP contribution in [0.25, 0.3) is 11.1 Å². The Morgan fingerprint density at radius 1 is 1.30 bits per heavy atom. The number of rotatable bonds is 5. The highest BCUT2D eigenvalue weighted by Crippen LogP contribution is 2.49. The molecule has 0 saturated heterocycles. The lowest BCUT2D eigenvalue weighted by molar-refractivity contribution is -0.116. The summed E-state index contributed by atoms with van der Waals surface area (Å²) in [6, 6.07) is 12.9. The number of aromatic carboxylic acids is 1. The topological polar surface area (TPSA) is 75.6 Å². The van der Waals surface area contributed by atoms with Crippen molar-refractivity contribution in [3.63, 3.8) is 0 Å². The molecule has 5 nitrogen and oxygen atoms in total. The average Bonchev–Trinajstić information content (AvgIpc) is 3.11. The third-order valence-electron chi connectivity index (χ3n) is 4.80. The van der Waals surface area contributed by atoms with Crippen LogP contribution in [0.15, 0.2) is 48.5 Å². The smallest absolute Gasteiger partial charge is 0.346 e. The fraction of sp³-hybridized carbons (Fsp3) is 0.130. The van der Waals surface area contributed by atoms with Crippen molar-refractivity contribution in [1.29, 1.82) is 0 Å². The van der Waals surface area contributed by atoms with Gasteiger partial charge in [0.15, 0.2) is 0 Å². The molecule has 30 heavy (non-hydrogen) atoms. The number of carbonyl (C=O) groups excluding carboxylic acids is 1. The molecular formula is C23H16FNO4S. The van der Waals surface area contributed by atoms with E-state index in [2.05, 4.69) is 11.2 Å². The predicted octanol–water partition coefficient (Wildman–Crippen LogP) is 4.74. The average molecular weight is 421 g/mol. The van der Waals surface area contributed by atoms with Gasteiger partial charge in [-0.3, -0.25) is 4.79 Å². The molecule has 3 aromatic rings. The van der Waals surface area contributed by atoms with Crippen LogP contribution < -0.4 is 10.1 Å². The van der Waals surface area contributed by atoms with E-state index in [-0.39, 0.29) is 29.7 Å². The lowest BCUT2D eigenvalue weighted by atomic mass is 9.88. The summed E-state index contributed by atoms with van der Waals surface area (Å²) in [5, 5.41) is 12.6. The summed E-state index contributed by atoms with van der Waals surface area (Å²) >= 11 is 1.09. The number of carbonyl (C=O) groups is 2. The molecule has 0 fully saturated rings. The summed E-state index contributed by atoms with van der Waals surface area (Å²) < 4.78 is 19.3. The summed E-state index contributed by atoms with van der Waals surface area (Å²) in [6.07, 6.45) is 5.40. The van der Waals surface area contributed by atoms with Crippen LogP contribution in [0.1, 0.15) is 32.5 Å². The number of hydrogen-bond donors (Lipinski definition) is 2. The number of anilines is 1. The first-order valence-electron chi connectivity index (χ1n) is 9.10. The molecule has 0 radical (unpaired) electrons. The van der Waals surface area contributed by atoms with Crippen molar-refractivity contribution >= 4 is 28.9 Å². The van der Waals surface area contributed by atoms with Crippen molar-refractivity contribution in [2.75, 3.05) is 11.9 Å². The maximum Gasteiger partial charge on any atom is 0.346 e. The lowest BCUT2D eigenvalue weighted by Gasteiger charge is -2.24. The number of amides is 1. The maximum absolute atomic E-state index is 13.8. The third kappa shape index (κ3) is 3.65. The zero-order valence-corrected chi connectivity index (χ0v) is 16.5. The van der Waals surface area contributed by atoms with Crippen LogP contribution in [0.5, 0.6) is 5.75 Å². The molecule has 7 heteroatoms. The quantitative estimate of drug-likeness (QED) is 0.584. The number of hydrogen-bond acceptors (Lipinski definition) is 4. The van der Waals surface area contributed by atoms with Crippen LogP contribution in [0.3, 0.4) is 0 Å². The number of halogens is 1.